The molecule has 256 valence electrons. The van der Waals surface area contributed by atoms with Crippen LogP contribution in [0.15, 0.2) is 78.9 Å². The van der Waals surface area contributed by atoms with E-state index in [0.29, 0.717) is 13.1 Å². The first-order chi connectivity index (χ1) is 23.1. The number of unbranched alkanes of at least 4 members (excludes halogenated alkanes) is 3. The standard InChI is InChI=1S/C38H47N3O7/c1-38(2,3)48-35(43)33(41-37(45)47-26-32-30-19-11-9-17-28(30)29-18-10-12-20-31(29)32)21-22-34(42)39-23-13-4-5-14-24-40-36(44)46-25-27-15-7-6-8-16-27/h6-12,15-20,32-33H,4-5,13-14,21-26H2,1-3H3,(H,39,42)(H,40,44)(H,41,45)/t33-/m0/s1. The Labute approximate surface area is 282 Å². The number of ether oxygens (including phenoxy) is 3. The largest absolute Gasteiger partial charge is 0.458 e. The molecule has 10 nitrogen and oxygen atoms in total. The number of nitrogens with one attached hydrogen (secondary N) is 3. The summed E-state index contributed by atoms with van der Waals surface area (Å²) in [6.45, 7) is 6.58. The van der Waals surface area contributed by atoms with Crippen molar-refractivity contribution in [1.29, 1.82) is 0 Å². The van der Waals surface area contributed by atoms with Gasteiger partial charge in [-0.05, 0) is 67.9 Å². The molecule has 0 bridgehead atoms. The Morgan fingerprint density at radius 3 is 1.92 bits per heavy atom. The fourth-order valence-electron chi connectivity index (χ4n) is 5.56. The third-order valence-corrected chi connectivity index (χ3v) is 7.89. The van der Waals surface area contributed by atoms with E-state index in [2.05, 4.69) is 28.1 Å². The molecular weight excluding hydrogens is 610 g/mol. The highest BCUT2D eigenvalue weighted by atomic mass is 16.6. The molecule has 3 amide bonds. The molecule has 1 aliphatic rings. The molecule has 3 aromatic rings. The zero-order chi connectivity index (χ0) is 34.4. The molecule has 0 aromatic heterocycles. The number of esters is 1. The van der Waals surface area contributed by atoms with Gasteiger partial charge in [0, 0.05) is 25.4 Å². The third-order valence-electron chi connectivity index (χ3n) is 7.89. The lowest BCUT2D eigenvalue weighted by atomic mass is 9.98. The summed E-state index contributed by atoms with van der Waals surface area (Å²) in [5.74, 6) is -0.964. The Balaban J connectivity index is 1.14. The van der Waals surface area contributed by atoms with Crippen molar-refractivity contribution < 1.29 is 33.4 Å². The van der Waals surface area contributed by atoms with Gasteiger partial charge >= 0.3 is 18.2 Å². The second kappa shape index (κ2) is 17.9. The predicted molar refractivity (Wildman–Crippen MR) is 183 cm³/mol. The lowest BCUT2D eigenvalue weighted by Gasteiger charge is -2.24. The van der Waals surface area contributed by atoms with Crippen LogP contribution in [0.4, 0.5) is 9.59 Å². The lowest BCUT2D eigenvalue weighted by molar-refractivity contribution is -0.157. The first-order valence-corrected chi connectivity index (χ1v) is 16.7. The molecular formula is C38H47N3O7. The number of rotatable bonds is 16. The topological polar surface area (TPSA) is 132 Å². The summed E-state index contributed by atoms with van der Waals surface area (Å²) in [7, 11) is 0. The van der Waals surface area contributed by atoms with E-state index in [4.69, 9.17) is 14.2 Å². The number of hydrogen-bond acceptors (Lipinski definition) is 7. The maximum atomic E-state index is 13.0. The maximum Gasteiger partial charge on any atom is 0.407 e. The van der Waals surface area contributed by atoms with Crippen LogP contribution in [-0.4, -0.2) is 55.4 Å². The van der Waals surface area contributed by atoms with Crippen LogP contribution in [0.3, 0.4) is 0 Å². The summed E-state index contributed by atoms with van der Waals surface area (Å²) in [6, 6.07) is 24.6. The summed E-state index contributed by atoms with van der Waals surface area (Å²) in [4.78, 5) is 50.3. The quantitative estimate of drug-likeness (QED) is 0.0896. The smallest absolute Gasteiger partial charge is 0.407 e. The molecule has 3 N–H and O–H groups in total. The highest BCUT2D eigenvalue weighted by Gasteiger charge is 2.31. The van der Waals surface area contributed by atoms with Gasteiger partial charge < -0.3 is 30.2 Å². The molecule has 10 heteroatoms. The van der Waals surface area contributed by atoms with E-state index < -0.39 is 29.8 Å². The fraction of sp³-hybridized carbons (Fsp3) is 0.421. The van der Waals surface area contributed by atoms with Crippen molar-refractivity contribution in [1.82, 2.24) is 16.0 Å². The van der Waals surface area contributed by atoms with E-state index in [-0.39, 0.29) is 37.9 Å². The molecule has 1 aliphatic carbocycles. The van der Waals surface area contributed by atoms with Crippen LogP contribution in [0.1, 0.15) is 81.9 Å². The molecule has 0 spiro atoms. The predicted octanol–water partition coefficient (Wildman–Crippen LogP) is 6.62. The molecule has 0 heterocycles. The Hall–Kier alpha value is -4.86. The number of hydrogen-bond donors (Lipinski definition) is 3. The van der Waals surface area contributed by atoms with Crippen LogP contribution < -0.4 is 16.0 Å². The van der Waals surface area contributed by atoms with Crippen LogP contribution in [0.25, 0.3) is 11.1 Å². The number of alkyl carbamates (subject to hydrolysis) is 2. The summed E-state index contributed by atoms with van der Waals surface area (Å²) in [5, 5.41) is 8.26. The average molecular weight is 658 g/mol. The zero-order valence-electron chi connectivity index (χ0n) is 28.1. The lowest BCUT2D eigenvalue weighted by Crippen LogP contribution is -2.45. The van der Waals surface area contributed by atoms with Gasteiger partial charge in [-0.15, -0.1) is 0 Å². The monoisotopic (exact) mass is 657 g/mol. The highest BCUT2D eigenvalue weighted by Crippen LogP contribution is 2.44. The van der Waals surface area contributed by atoms with E-state index >= 15 is 0 Å². The van der Waals surface area contributed by atoms with Crippen molar-refractivity contribution >= 4 is 24.1 Å². The summed E-state index contributed by atoms with van der Waals surface area (Å²) < 4.78 is 16.4. The van der Waals surface area contributed by atoms with Crippen molar-refractivity contribution in [2.24, 2.45) is 0 Å². The minimum atomic E-state index is -1.04. The number of carbonyl (C=O) groups excluding carboxylic acids is 4. The molecule has 4 rings (SSSR count). The molecule has 0 radical (unpaired) electrons. The first-order valence-electron chi connectivity index (χ1n) is 16.7. The van der Waals surface area contributed by atoms with E-state index in [0.717, 1.165) is 53.5 Å². The molecule has 3 aromatic carbocycles. The molecule has 48 heavy (non-hydrogen) atoms. The average Bonchev–Trinajstić information content (AvgIpc) is 3.39. The molecule has 0 saturated carbocycles. The SMILES string of the molecule is CC(C)(C)OC(=O)[C@H](CCC(=O)NCCCCCCNC(=O)OCc1ccccc1)NC(=O)OCC1c2ccccc2-c2ccccc21. The van der Waals surface area contributed by atoms with Crippen molar-refractivity contribution in [2.75, 3.05) is 19.7 Å². The molecule has 0 aliphatic heterocycles. The van der Waals surface area contributed by atoms with Crippen LogP contribution in [0.2, 0.25) is 0 Å². The Kier molecular flexibility index (Phi) is 13.4. The van der Waals surface area contributed by atoms with Crippen LogP contribution in [0, 0.1) is 0 Å². The Bertz CT molecular complexity index is 1470. The van der Waals surface area contributed by atoms with Gasteiger partial charge in [0.1, 0.15) is 24.9 Å². The van der Waals surface area contributed by atoms with Crippen molar-refractivity contribution in [2.45, 2.75) is 83.5 Å². The Morgan fingerprint density at radius 2 is 1.29 bits per heavy atom. The van der Waals surface area contributed by atoms with Gasteiger partial charge in [-0.25, -0.2) is 14.4 Å². The zero-order valence-corrected chi connectivity index (χ0v) is 28.1. The van der Waals surface area contributed by atoms with Crippen LogP contribution >= 0.6 is 0 Å². The van der Waals surface area contributed by atoms with Gasteiger partial charge in [-0.2, -0.15) is 0 Å². The number of carbonyl (C=O) groups is 4. The first kappa shape index (κ1) is 36.0. The van der Waals surface area contributed by atoms with Gasteiger partial charge in [0.15, 0.2) is 0 Å². The molecule has 0 fully saturated rings. The van der Waals surface area contributed by atoms with Crippen molar-refractivity contribution in [3.63, 3.8) is 0 Å². The number of benzene rings is 3. The normalized spacial score (nSPS) is 12.6. The van der Waals surface area contributed by atoms with Crippen molar-refractivity contribution in [3.8, 4) is 11.1 Å². The van der Waals surface area contributed by atoms with Gasteiger partial charge in [0.05, 0.1) is 0 Å². The van der Waals surface area contributed by atoms with Crippen molar-refractivity contribution in [3.05, 3.63) is 95.6 Å². The van der Waals surface area contributed by atoms with Gasteiger partial charge in [-0.1, -0.05) is 91.7 Å². The van der Waals surface area contributed by atoms with Gasteiger partial charge in [0.2, 0.25) is 5.91 Å². The summed E-state index contributed by atoms with van der Waals surface area (Å²) in [5.41, 5.74) is 4.58. The Morgan fingerprint density at radius 1 is 0.708 bits per heavy atom. The molecule has 1 atom stereocenters. The van der Waals surface area contributed by atoms with E-state index in [1.165, 1.54) is 0 Å². The van der Waals surface area contributed by atoms with E-state index in [1.807, 2.05) is 66.7 Å². The second-order valence-electron chi connectivity index (χ2n) is 12.8. The van der Waals surface area contributed by atoms with Gasteiger partial charge in [-0.3, -0.25) is 4.79 Å². The van der Waals surface area contributed by atoms with E-state index in [1.54, 1.807) is 20.8 Å². The summed E-state index contributed by atoms with van der Waals surface area (Å²) >= 11 is 0. The van der Waals surface area contributed by atoms with Crippen LogP contribution in [-0.2, 0) is 30.4 Å². The summed E-state index contributed by atoms with van der Waals surface area (Å²) in [6.07, 6.45) is 2.26. The molecule has 0 unspecified atom stereocenters. The van der Waals surface area contributed by atoms with Crippen LogP contribution in [0.5, 0.6) is 0 Å². The minimum Gasteiger partial charge on any atom is -0.458 e. The van der Waals surface area contributed by atoms with Gasteiger partial charge in [0.25, 0.3) is 0 Å². The third kappa shape index (κ3) is 11.4. The number of fused-ring (bicyclic) bond motifs is 3. The molecule has 0 saturated heterocycles. The van der Waals surface area contributed by atoms with E-state index in [9.17, 15) is 19.2 Å². The highest BCUT2D eigenvalue weighted by molar-refractivity contribution is 5.83. The maximum absolute atomic E-state index is 13.0. The fourth-order valence-corrected chi connectivity index (χ4v) is 5.56. The number of amides is 3. The minimum absolute atomic E-state index is 0.0303. The second-order valence-corrected chi connectivity index (χ2v) is 12.8.